The summed E-state index contributed by atoms with van der Waals surface area (Å²) in [6, 6.07) is 12.0. The number of aryl methyl sites for hydroxylation is 1. The molecule has 5 heteroatoms. The molecule has 0 aliphatic heterocycles. The fraction of sp³-hybridized carbons (Fsp3) is 0.316. The van der Waals surface area contributed by atoms with Gasteiger partial charge in [-0.2, -0.15) is 0 Å². The van der Waals surface area contributed by atoms with Crippen molar-refractivity contribution in [3.8, 4) is 0 Å². The van der Waals surface area contributed by atoms with Crippen LogP contribution in [0, 0.1) is 12.7 Å². The Labute approximate surface area is 142 Å². The molecule has 0 spiro atoms. The molecule has 0 saturated carbocycles. The molecular weight excluding hydrogens is 305 g/mol. The third-order valence-corrected chi connectivity index (χ3v) is 3.98. The van der Waals surface area contributed by atoms with Crippen molar-refractivity contribution in [1.29, 1.82) is 0 Å². The lowest BCUT2D eigenvalue weighted by Gasteiger charge is -2.22. The smallest absolute Gasteiger partial charge is 0.319 e. The molecule has 0 bridgehead atoms. The van der Waals surface area contributed by atoms with E-state index in [1.165, 1.54) is 6.07 Å². The third-order valence-electron chi connectivity index (χ3n) is 3.98. The summed E-state index contributed by atoms with van der Waals surface area (Å²) in [6.07, 6.45) is 0. The Morgan fingerprint density at radius 3 is 2.46 bits per heavy atom. The van der Waals surface area contributed by atoms with E-state index in [0.29, 0.717) is 5.56 Å². The van der Waals surface area contributed by atoms with Gasteiger partial charge >= 0.3 is 6.03 Å². The van der Waals surface area contributed by atoms with Gasteiger partial charge in [-0.15, -0.1) is 0 Å². The Morgan fingerprint density at radius 2 is 1.83 bits per heavy atom. The van der Waals surface area contributed by atoms with Crippen molar-refractivity contribution in [1.82, 2.24) is 5.32 Å². The van der Waals surface area contributed by atoms with Crippen LogP contribution in [0.3, 0.4) is 0 Å². The lowest BCUT2D eigenvalue weighted by atomic mass is 10.1. The van der Waals surface area contributed by atoms with E-state index in [1.807, 2.05) is 19.1 Å². The highest BCUT2D eigenvalue weighted by Crippen LogP contribution is 2.22. The normalized spacial score (nSPS) is 10.3. The molecule has 2 aromatic carbocycles. The van der Waals surface area contributed by atoms with Gasteiger partial charge in [0.1, 0.15) is 5.82 Å². The quantitative estimate of drug-likeness (QED) is 0.830. The molecule has 2 amide bonds. The van der Waals surface area contributed by atoms with E-state index >= 15 is 0 Å². The predicted octanol–water partition coefficient (Wildman–Crippen LogP) is 4.30. The van der Waals surface area contributed by atoms with Gasteiger partial charge in [0, 0.05) is 36.6 Å². The first-order valence-corrected chi connectivity index (χ1v) is 8.19. The number of hydrogen-bond acceptors (Lipinski definition) is 2. The number of rotatable bonds is 6. The largest absolute Gasteiger partial charge is 0.372 e. The fourth-order valence-corrected chi connectivity index (χ4v) is 2.56. The number of halogens is 1. The van der Waals surface area contributed by atoms with Crippen molar-refractivity contribution in [2.24, 2.45) is 0 Å². The molecule has 2 N–H and O–H groups in total. The molecule has 0 atom stereocenters. The molecule has 0 saturated heterocycles. The lowest BCUT2D eigenvalue weighted by Crippen LogP contribution is -2.29. The Balaban J connectivity index is 1.98. The fourth-order valence-electron chi connectivity index (χ4n) is 2.56. The maximum absolute atomic E-state index is 13.5. The van der Waals surface area contributed by atoms with Crippen LogP contribution in [0.5, 0.6) is 0 Å². The summed E-state index contributed by atoms with van der Waals surface area (Å²) in [7, 11) is 0. The zero-order valence-corrected chi connectivity index (χ0v) is 14.4. The zero-order chi connectivity index (χ0) is 17.5. The molecule has 4 nitrogen and oxygen atoms in total. The third kappa shape index (κ3) is 4.47. The molecule has 0 aliphatic carbocycles. The van der Waals surface area contributed by atoms with Crippen LogP contribution in [0.2, 0.25) is 0 Å². The van der Waals surface area contributed by atoms with E-state index in [2.05, 4.69) is 35.4 Å². The maximum Gasteiger partial charge on any atom is 0.319 e. The van der Waals surface area contributed by atoms with Gasteiger partial charge in [-0.25, -0.2) is 9.18 Å². The topological polar surface area (TPSA) is 44.4 Å². The monoisotopic (exact) mass is 329 g/mol. The van der Waals surface area contributed by atoms with Gasteiger partial charge in [-0.3, -0.25) is 0 Å². The summed E-state index contributed by atoms with van der Waals surface area (Å²) in [4.78, 5) is 14.3. The Morgan fingerprint density at radius 1 is 1.12 bits per heavy atom. The summed E-state index contributed by atoms with van der Waals surface area (Å²) in [6.45, 7) is 8.20. The molecule has 2 aromatic rings. The van der Waals surface area contributed by atoms with Crippen LogP contribution in [0.1, 0.15) is 25.0 Å². The molecule has 0 fully saturated rings. The average Bonchev–Trinajstić information content (AvgIpc) is 2.57. The minimum Gasteiger partial charge on any atom is -0.372 e. The first-order valence-electron chi connectivity index (χ1n) is 8.19. The Hall–Kier alpha value is -2.56. The summed E-state index contributed by atoms with van der Waals surface area (Å²) < 4.78 is 13.5. The van der Waals surface area contributed by atoms with Crippen molar-refractivity contribution in [3.05, 3.63) is 59.4 Å². The van der Waals surface area contributed by atoms with Gasteiger partial charge < -0.3 is 15.5 Å². The average molecular weight is 329 g/mol. The van der Waals surface area contributed by atoms with E-state index in [9.17, 15) is 9.18 Å². The molecule has 0 unspecified atom stereocenters. The van der Waals surface area contributed by atoms with Crippen molar-refractivity contribution in [2.45, 2.75) is 27.3 Å². The Kier molecular flexibility index (Phi) is 6.18. The van der Waals surface area contributed by atoms with E-state index in [4.69, 9.17) is 0 Å². The number of nitrogens with one attached hydrogen (secondary N) is 2. The molecule has 0 aliphatic rings. The van der Waals surface area contributed by atoms with Gasteiger partial charge in [0.05, 0.1) is 0 Å². The number of anilines is 2. The second-order valence-electron chi connectivity index (χ2n) is 5.57. The van der Waals surface area contributed by atoms with Gasteiger partial charge in [0.2, 0.25) is 0 Å². The minimum atomic E-state index is -0.350. The second-order valence-corrected chi connectivity index (χ2v) is 5.57. The standard InChI is InChI=1S/C19H24FN3O/c1-4-23(5-2)16-10-11-18(14(3)12-16)22-19(24)21-13-15-8-6-7-9-17(15)20/h6-12H,4-5,13H2,1-3H3,(H2,21,22,24). The van der Waals surface area contributed by atoms with E-state index < -0.39 is 0 Å². The maximum atomic E-state index is 13.5. The second kappa shape index (κ2) is 8.34. The van der Waals surface area contributed by atoms with E-state index in [-0.39, 0.29) is 18.4 Å². The molecule has 128 valence electrons. The van der Waals surface area contributed by atoms with Crippen LogP contribution in [-0.2, 0) is 6.54 Å². The number of hydrogen-bond donors (Lipinski definition) is 2. The van der Waals surface area contributed by atoms with Crippen molar-refractivity contribution in [3.63, 3.8) is 0 Å². The highest BCUT2D eigenvalue weighted by atomic mass is 19.1. The molecule has 0 radical (unpaired) electrons. The summed E-state index contributed by atoms with van der Waals surface area (Å²) >= 11 is 0. The lowest BCUT2D eigenvalue weighted by molar-refractivity contribution is 0.251. The predicted molar refractivity (Wildman–Crippen MR) is 97.0 cm³/mol. The van der Waals surface area contributed by atoms with Crippen molar-refractivity contribution < 1.29 is 9.18 Å². The van der Waals surface area contributed by atoms with E-state index in [1.54, 1.807) is 18.2 Å². The number of carbonyl (C=O) groups is 1. The minimum absolute atomic E-state index is 0.148. The van der Waals surface area contributed by atoms with Crippen molar-refractivity contribution >= 4 is 17.4 Å². The molecule has 0 heterocycles. The first kappa shape index (κ1) is 17.8. The molecular formula is C19H24FN3O. The van der Waals surface area contributed by atoms with Crippen LogP contribution in [-0.4, -0.2) is 19.1 Å². The number of carbonyl (C=O) groups excluding carboxylic acids is 1. The Bertz CT molecular complexity index is 699. The van der Waals surface area contributed by atoms with Gasteiger partial charge in [-0.05, 0) is 50.6 Å². The SMILES string of the molecule is CCN(CC)c1ccc(NC(=O)NCc2ccccc2F)c(C)c1. The number of urea groups is 1. The van der Waals surface area contributed by atoms with Crippen LogP contribution >= 0.6 is 0 Å². The van der Waals surface area contributed by atoms with Crippen LogP contribution in [0.15, 0.2) is 42.5 Å². The highest BCUT2D eigenvalue weighted by Gasteiger charge is 2.08. The van der Waals surface area contributed by atoms with Gasteiger partial charge in [0.15, 0.2) is 0 Å². The molecule has 0 aromatic heterocycles. The summed E-state index contributed by atoms with van der Waals surface area (Å²) in [5.74, 6) is -0.322. The zero-order valence-electron chi connectivity index (χ0n) is 14.4. The van der Waals surface area contributed by atoms with E-state index in [0.717, 1.165) is 30.0 Å². The molecule has 24 heavy (non-hydrogen) atoms. The van der Waals surface area contributed by atoms with Crippen LogP contribution in [0.4, 0.5) is 20.6 Å². The van der Waals surface area contributed by atoms with Crippen LogP contribution < -0.4 is 15.5 Å². The van der Waals surface area contributed by atoms with Gasteiger partial charge in [-0.1, -0.05) is 18.2 Å². The van der Waals surface area contributed by atoms with Crippen LogP contribution in [0.25, 0.3) is 0 Å². The first-order chi connectivity index (χ1) is 11.5. The highest BCUT2D eigenvalue weighted by molar-refractivity contribution is 5.90. The van der Waals surface area contributed by atoms with Crippen molar-refractivity contribution in [2.75, 3.05) is 23.3 Å². The summed E-state index contributed by atoms with van der Waals surface area (Å²) in [5, 5.41) is 5.49. The summed E-state index contributed by atoms with van der Waals surface area (Å²) in [5.41, 5.74) is 3.33. The van der Waals surface area contributed by atoms with Gasteiger partial charge in [0.25, 0.3) is 0 Å². The number of nitrogens with zero attached hydrogens (tertiary/aromatic N) is 1. The number of amides is 2. The number of benzene rings is 2. The molecule has 2 rings (SSSR count).